The Balaban J connectivity index is 0.00000162. The molecule has 0 saturated carbocycles. The summed E-state index contributed by atoms with van der Waals surface area (Å²) in [5, 5.41) is 2.91. The average molecular weight is 335 g/mol. The Morgan fingerprint density at radius 2 is 2.11 bits per heavy atom. The maximum atomic E-state index is 11.4. The summed E-state index contributed by atoms with van der Waals surface area (Å²) in [6.07, 6.45) is -0.339. The van der Waals surface area contributed by atoms with Gasteiger partial charge in [-0.1, -0.05) is 35.8 Å². The van der Waals surface area contributed by atoms with Gasteiger partial charge in [-0.05, 0) is 30.2 Å². The zero-order chi connectivity index (χ0) is 12.6. The van der Waals surface area contributed by atoms with Crippen LogP contribution in [0.5, 0.6) is 0 Å². The molecule has 18 heavy (non-hydrogen) atoms. The molecule has 0 unspecified atom stereocenters. The van der Waals surface area contributed by atoms with Gasteiger partial charge in [-0.15, -0.1) is 12.4 Å². The van der Waals surface area contributed by atoms with Crippen LogP contribution in [0.15, 0.2) is 22.7 Å². The van der Waals surface area contributed by atoms with Crippen LogP contribution in [0.1, 0.15) is 31.0 Å². The summed E-state index contributed by atoms with van der Waals surface area (Å²) < 4.78 is 6.08. The quantitative estimate of drug-likeness (QED) is 0.843. The van der Waals surface area contributed by atoms with E-state index in [0.717, 1.165) is 10.0 Å². The molecular weight excluding hydrogens is 318 g/mol. The van der Waals surface area contributed by atoms with Crippen molar-refractivity contribution in [3.8, 4) is 0 Å². The largest absolute Gasteiger partial charge is 0.449 e. The van der Waals surface area contributed by atoms with Crippen molar-refractivity contribution in [2.75, 3.05) is 6.61 Å². The van der Waals surface area contributed by atoms with E-state index in [0.29, 0.717) is 6.61 Å². The number of ether oxygens (including phenoxy) is 1. The predicted molar refractivity (Wildman–Crippen MR) is 77.1 cm³/mol. The lowest BCUT2D eigenvalue weighted by atomic mass is 9.79. The molecule has 1 aromatic rings. The van der Waals surface area contributed by atoms with Gasteiger partial charge in [0, 0.05) is 9.89 Å². The van der Waals surface area contributed by atoms with Gasteiger partial charge in [0.15, 0.2) is 0 Å². The van der Waals surface area contributed by atoms with Crippen molar-refractivity contribution in [2.24, 2.45) is 5.41 Å². The molecule has 1 atom stereocenters. The van der Waals surface area contributed by atoms with Crippen molar-refractivity contribution in [3.63, 3.8) is 0 Å². The van der Waals surface area contributed by atoms with Gasteiger partial charge in [0.25, 0.3) is 0 Å². The molecule has 1 saturated heterocycles. The van der Waals surface area contributed by atoms with Crippen LogP contribution in [0.25, 0.3) is 0 Å². The fraction of sp³-hybridized carbons (Fsp3) is 0.462. The fourth-order valence-electron chi connectivity index (χ4n) is 2.11. The summed E-state index contributed by atoms with van der Waals surface area (Å²) in [6, 6.07) is 6.11. The van der Waals surface area contributed by atoms with Crippen LogP contribution in [-0.2, 0) is 4.74 Å². The lowest BCUT2D eigenvalue weighted by molar-refractivity contribution is 0.0385. The Morgan fingerprint density at radius 1 is 1.44 bits per heavy atom. The molecule has 100 valence electrons. The molecule has 1 heterocycles. The molecule has 0 radical (unpaired) electrons. The number of hydrogen-bond acceptors (Lipinski definition) is 2. The Kier molecular flexibility index (Phi) is 4.67. The molecule has 1 aliphatic rings. The minimum Gasteiger partial charge on any atom is -0.449 e. The smallest absolute Gasteiger partial charge is 0.407 e. The van der Waals surface area contributed by atoms with Crippen LogP contribution < -0.4 is 5.32 Å². The molecule has 1 aliphatic heterocycles. The van der Waals surface area contributed by atoms with Crippen LogP contribution in [0.4, 0.5) is 4.79 Å². The average Bonchev–Trinajstić information content (AvgIpc) is 2.26. The first-order chi connectivity index (χ1) is 7.90. The molecule has 0 bridgehead atoms. The molecule has 1 N–H and O–H groups in total. The maximum Gasteiger partial charge on any atom is 0.407 e. The fourth-order valence-corrected chi connectivity index (χ4v) is 2.49. The number of benzene rings is 1. The minimum atomic E-state index is -0.339. The van der Waals surface area contributed by atoms with Crippen molar-refractivity contribution in [1.29, 1.82) is 0 Å². The summed E-state index contributed by atoms with van der Waals surface area (Å²) >= 11 is 3.47. The van der Waals surface area contributed by atoms with E-state index in [9.17, 15) is 4.79 Å². The SMILES string of the molecule is Cc1ccc(Br)cc1[C@@H]1NC(=O)OCC1(C)C.Cl. The van der Waals surface area contributed by atoms with E-state index in [1.165, 1.54) is 5.56 Å². The molecule has 2 rings (SSSR count). The van der Waals surface area contributed by atoms with Gasteiger partial charge in [-0.2, -0.15) is 0 Å². The van der Waals surface area contributed by atoms with Crippen LogP contribution in [0.2, 0.25) is 0 Å². The highest BCUT2D eigenvalue weighted by atomic mass is 79.9. The van der Waals surface area contributed by atoms with E-state index in [2.05, 4.69) is 54.2 Å². The number of carbonyl (C=O) groups excluding carboxylic acids is 1. The van der Waals surface area contributed by atoms with Gasteiger partial charge >= 0.3 is 6.09 Å². The molecule has 5 heteroatoms. The topological polar surface area (TPSA) is 38.3 Å². The molecule has 0 aliphatic carbocycles. The molecule has 1 amide bonds. The first-order valence-corrected chi connectivity index (χ1v) is 6.39. The third kappa shape index (κ3) is 2.98. The number of hydrogen-bond donors (Lipinski definition) is 1. The van der Waals surface area contributed by atoms with Gasteiger partial charge in [-0.25, -0.2) is 4.79 Å². The van der Waals surface area contributed by atoms with E-state index in [1.54, 1.807) is 0 Å². The Morgan fingerprint density at radius 3 is 2.78 bits per heavy atom. The van der Waals surface area contributed by atoms with E-state index < -0.39 is 0 Å². The van der Waals surface area contributed by atoms with Crippen LogP contribution >= 0.6 is 28.3 Å². The summed E-state index contributed by atoms with van der Waals surface area (Å²) in [7, 11) is 0. The summed E-state index contributed by atoms with van der Waals surface area (Å²) in [5.74, 6) is 0. The standard InChI is InChI=1S/C13H16BrNO2.ClH/c1-8-4-5-9(14)6-10(8)11-13(2,3)7-17-12(16)15-11;/h4-6,11H,7H2,1-3H3,(H,15,16);1H/t11-;/m0./s1. The first kappa shape index (κ1) is 15.3. The zero-order valence-electron chi connectivity index (χ0n) is 10.6. The van der Waals surface area contributed by atoms with Gasteiger partial charge < -0.3 is 10.1 Å². The van der Waals surface area contributed by atoms with Gasteiger partial charge in [0.1, 0.15) is 6.61 Å². The second-order valence-electron chi connectivity index (χ2n) is 5.14. The van der Waals surface area contributed by atoms with E-state index >= 15 is 0 Å². The van der Waals surface area contributed by atoms with Crippen molar-refractivity contribution in [1.82, 2.24) is 5.32 Å². The third-order valence-corrected chi connectivity index (χ3v) is 3.66. The van der Waals surface area contributed by atoms with Gasteiger partial charge in [-0.3, -0.25) is 0 Å². The molecule has 1 fully saturated rings. The second-order valence-corrected chi connectivity index (χ2v) is 6.06. The van der Waals surface area contributed by atoms with Crippen LogP contribution in [-0.4, -0.2) is 12.7 Å². The molecule has 0 aromatic heterocycles. The lowest BCUT2D eigenvalue weighted by Gasteiger charge is -2.39. The number of amides is 1. The highest BCUT2D eigenvalue weighted by Crippen LogP contribution is 2.38. The maximum absolute atomic E-state index is 11.4. The monoisotopic (exact) mass is 333 g/mol. The molecule has 3 nitrogen and oxygen atoms in total. The van der Waals surface area contributed by atoms with Crippen molar-refractivity contribution in [3.05, 3.63) is 33.8 Å². The molecule has 0 spiro atoms. The number of carbonyl (C=O) groups is 1. The van der Waals surface area contributed by atoms with Crippen molar-refractivity contribution in [2.45, 2.75) is 26.8 Å². The van der Waals surface area contributed by atoms with Crippen molar-refractivity contribution >= 4 is 34.4 Å². The van der Waals surface area contributed by atoms with E-state index in [4.69, 9.17) is 4.74 Å². The highest BCUT2D eigenvalue weighted by molar-refractivity contribution is 9.10. The Labute approximate surface area is 122 Å². The number of alkyl carbamates (subject to hydrolysis) is 1. The lowest BCUT2D eigenvalue weighted by Crippen LogP contribution is -2.47. The summed E-state index contributed by atoms with van der Waals surface area (Å²) in [6.45, 7) is 6.68. The number of rotatable bonds is 1. The first-order valence-electron chi connectivity index (χ1n) is 5.59. The Bertz CT molecular complexity index is 462. The summed E-state index contributed by atoms with van der Waals surface area (Å²) in [4.78, 5) is 11.4. The summed E-state index contributed by atoms with van der Waals surface area (Å²) in [5.41, 5.74) is 2.20. The second kappa shape index (κ2) is 5.49. The van der Waals surface area contributed by atoms with Crippen LogP contribution in [0.3, 0.4) is 0 Å². The molecule has 1 aromatic carbocycles. The minimum absolute atomic E-state index is 0. The van der Waals surface area contributed by atoms with Crippen molar-refractivity contribution < 1.29 is 9.53 Å². The van der Waals surface area contributed by atoms with E-state index in [-0.39, 0.29) is 30.0 Å². The number of aryl methyl sites for hydroxylation is 1. The predicted octanol–water partition coefficient (Wildman–Crippen LogP) is 3.99. The Hall–Kier alpha value is -0.740. The molecular formula is C13H17BrClNO2. The third-order valence-electron chi connectivity index (χ3n) is 3.17. The number of halogens is 2. The normalized spacial score (nSPS) is 21.6. The van der Waals surface area contributed by atoms with Gasteiger partial charge in [0.05, 0.1) is 6.04 Å². The number of nitrogens with one attached hydrogen (secondary N) is 1. The van der Waals surface area contributed by atoms with Gasteiger partial charge in [0.2, 0.25) is 0 Å². The van der Waals surface area contributed by atoms with Crippen LogP contribution in [0, 0.1) is 12.3 Å². The zero-order valence-corrected chi connectivity index (χ0v) is 13.0. The van der Waals surface area contributed by atoms with E-state index in [1.807, 2.05) is 6.07 Å². The number of cyclic esters (lactones) is 1. The highest BCUT2D eigenvalue weighted by Gasteiger charge is 2.38.